The van der Waals surface area contributed by atoms with E-state index < -0.39 is 149 Å². The fourth-order valence-corrected chi connectivity index (χ4v) is 9.12. The van der Waals surface area contributed by atoms with Crippen LogP contribution in [-0.4, -0.2) is 269 Å². The number of aryl methyl sites for hydroxylation is 4. The van der Waals surface area contributed by atoms with Crippen LogP contribution in [0.1, 0.15) is 59.9 Å². The quantitative estimate of drug-likeness (QED) is 0.0345. The van der Waals surface area contributed by atoms with Gasteiger partial charge in [-0.25, -0.2) is 9.36 Å². The van der Waals surface area contributed by atoms with Crippen molar-refractivity contribution in [3.05, 3.63) is 47.6 Å². The van der Waals surface area contributed by atoms with E-state index in [-0.39, 0.29) is 37.6 Å². The van der Waals surface area contributed by atoms with Gasteiger partial charge in [-0.05, 0) is 25.7 Å². The lowest BCUT2D eigenvalue weighted by molar-refractivity contribution is -0.301. The molecule has 0 amide bonds. The zero-order valence-electron chi connectivity index (χ0n) is 38.4. The molecule has 402 valence electrons. The van der Waals surface area contributed by atoms with Crippen molar-refractivity contribution >= 4 is 0 Å². The Kier molecular flexibility index (Phi) is 18.0. The molecule has 4 aromatic heterocycles. The van der Waals surface area contributed by atoms with E-state index in [1.54, 1.807) is 10.9 Å². The van der Waals surface area contributed by atoms with Gasteiger partial charge in [0.2, 0.25) is 0 Å². The average molecular weight is 1030 g/mol. The second-order valence-electron chi connectivity index (χ2n) is 18.0. The Morgan fingerprint density at radius 2 is 0.833 bits per heavy atom. The lowest BCUT2D eigenvalue weighted by atomic mass is 9.91. The summed E-state index contributed by atoms with van der Waals surface area (Å²) in [5, 5.41) is 178. The normalized spacial score (nSPS) is 37.6. The number of aliphatic hydroxyl groups excluding tert-OH is 14. The summed E-state index contributed by atoms with van der Waals surface area (Å²) in [6.07, 6.45) is -17.9. The van der Waals surface area contributed by atoms with Crippen molar-refractivity contribution in [2.75, 3.05) is 39.6 Å². The number of aromatic nitrogens is 12. The van der Waals surface area contributed by atoms with Crippen molar-refractivity contribution in [3.8, 4) is 0 Å². The number of aliphatic hydroxyl groups is 14. The SMILES string of the molecule is OC[C@H]1O[C@@H](OCCCc2cn(CCn3cc([C@@H]4O[C@H](CO)[C@@H](n5cc([C@@H]6O[C@H](CO)[C@@H](n7cc(CCCO[C@@H]8O[C@H](CO)[C@H](O)[C@H](O)[C@H]8O)nn7)[C@H](O)[C@H]6O)nn5)[C@H](O)[C@H]4O)nn3)nn2)[C@H](O)[C@@H](O)[C@H]1O. The zero-order valence-corrected chi connectivity index (χ0v) is 38.4. The Morgan fingerprint density at radius 1 is 0.417 bits per heavy atom. The zero-order chi connectivity index (χ0) is 51.4. The smallest absolute Gasteiger partial charge is 0.186 e. The highest BCUT2D eigenvalue weighted by Gasteiger charge is 2.51. The van der Waals surface area contributed by atoms with E-state index in [0.29, 0.717) is 37.2 Å². The standard InChI is InChI=1S/C40H62N12O20/c53-13-21-25(51-10-18(42-47-51)4-2-8-68-40-36(66)32(62)28(58)24(16-56)72-40)29(59)34(64)38(70-21)20-12-52(48-44-20)26-22(14-54)69-37(33(63)30(26)60)19-11-50(46-43-19)6-5-49-9-17(41-45-49)3-1-7-67-39-35(65)31(61)27(57)23(15-55)71-39/h9-12,21-40,53-66H,1-8,13-16H2/t21-,22-,23-,24-,25-,26-,27+,28+,29+,30+,31+,32+,33-,34-,35-,36-,37+,38+,39-,40-/m1/s1. The van der Waals surface area contributed by atoms with Gasteiger partial charge in [0.25, 0.3) is 0 Å². The number of hydrogen-bond acceptors (Lipinski definition) is 28. The van der Waals surface area contributed by atoms with Gasteiger partial charge in [-0.3, -0.25) is 9.36 Å². The molecule has 20 atom stereocenters. The Hall–Kier alpha value is -4.24. The van der Waals surface area contributed by atoms with E-state index >= 15 is 0 Å². The molecule has 72 heavy (non-hydrogen) atoms. The molecule has 0 bridgehead atoms. The molecule has 4 aromatic rings. The number of hydrogen-bond donors (Lipinski definition) is 14. The molecule has 8 heterocycles. The third-order valence-corrected chi connectivity index (χ3v) is 13.2. The van der Waals surface area contributed by atoms with Gasteiger partial charge in [0.15, 0.2) is 12.6 Å². The van der Waals surface area contributed by atoms with Gasteiger partial charge >= 0.3 is 0 Å². The van der Waals surface area contributed by atoms with Crippen LogP contribution < -0.4 is 0 Å². The largest absolute Gasteiger partial charge is 0.394 e. The van der Waals surface area contributed by atoms with Crippen molar-refractivity contribution in [2.24, 2.45) is 0 Å². The summed E-state index contributed by atoms with van der Waals surface area (Å²) in [5.41, 5.74) is 1.17. The van der Waals surface area contributed by atoms with E-state index in [2.05, 4.69) is 41.2 Å². The minimum absolute atomic E-state index is 0.0112. The van der Waals surface area contributed by atoms with Gasteiger partial charge in [0, 0.05) is 12.4 Å². The maximum atomic E-state index is 11.4. The molecule has 8 rings (SSSR count). The fourth-order valence-electron chi connectivity index (χ4n) is 9.12. The van der Waals surface area contributed by atoms with Gasteiger partial charge in [0.1, 0.15) is 121 Å². The molecular weight excluding hydrogens is 969 g/mol. The second-order valence-corrected chi connectivity index (χ2v) is 18.0. The topological polar surface area (TPSA) is 461 Å². The van der Waals surface area contributed by atoms with Gasteiger partial charge in [0.05, 0.1) is 76.5 Å². The Morgan fingerprint density at radius 3 is 1.35 bits per heavy atom. The monoisotopic (exact) mass is 1030 g/mol. The molecule has 0 saturated carbocycles. The summed E-state index contributed by atoms with van der Waals surface area (Å²) in [6.45, 7) is -1.78. The van der Waals surface area contributed by atoms with Crippen LogP contribution in [0.3, 0.4) is 0 Å². The highest BCUT2D eigenvalue weighted by molar-refractivity contribution is 5.11. The molecule has 4 fully saturated rings. The summed E-state index contributed by atoms with van der Waals surface area (Å²) in [4.78, 5) is 0. The molecule has 0 aromatic carbocycles. The predicted octanol–water partition coefficient (Wildman–Crippen LogP) is -8.96. The summed E-state index contributed by atoms with van der Waals surface area (Å²) < 4.78 is 39.2. The molecule has 0 radical (unpaired) electrons. The van der Waals surface area contributed by atoms with E-state index in [1.165, 1.54) is 28.0 Å². The molecule has 0 unspecified atom stereocenters. The van der Waals surface area contributed by atoms with E-state index in [1.807, 2.05) is 0 Å². The molecule has 32 heteroatoms. The van der Waals surface area contributed by atoms with Crippen LogP contribution in [0.4, 0.5) is 0 Å². The molecule has 4 aliphatic rings. The van der Waals surface area contributed by atoms with Crippen LogP contribution in [-0.2, 0) is 54.4 Å². The molecule has 0 spiro atoms. The van der Waals surface area contributed by atoms with Crippen molar-refractivity contribution in [2.45, 2.75) is 161 Å². The molecule has 0 aliphatic carbocycles. The van der Waals surface area contributed by atoms with Crippen molar-refractivity contribution < 1.29 is 99.9 Å². The summed E-state index contributed by atoms with van der Waals surface area (Å²) in [6, 6.07) is -2.35. The van der Waals surface area contributed by atoms with E-state index in [4.69, 9.17) is 28.4 Å². The lowest BCUT2D eigenvalue weighted by Gasteiger charge is -2.42. The van der Waals surface area contributed by atoms with Crippen LogP contribution in [0.15, 0.2) is 24.8 Å². The number of nitrogens with zero attached hydrogens (tertiary/aromatic N) is 12. The number of ether oxygens (including phenoxy) is 6. The third-order valence-electron chi connectivity index (χ3n) is 13.2. The van der Waals surface area contributed by atoms with Crippen LogP contribution in [0.2, 0.25) is 0 Å². The van der Waals surface area contributed by atoms with E-state index in [0.717, 1.165) is 4.68 Å². The first-order valence-corrected chi connectivity index (χ1v) is 23.4. The second kappa shape index (κ2) is 24.0. The van der Waals surface area contributed by atoms with E-state index in [9.17, 15) is 71.5 Å². The maximum absolute atomic E-state index is 11.4. The van der Waals surface area contributed by atoms with Gasteiger partial charge < -0.3 is 99.9 Å². The van der Waals surface area contributed by atoms with Crippen molar-refractivity contribution in [1.82, 2.24) is 60.0 Å². The Balaban J connectivity index is 0.812. The molecule has 32 nitrogen and oxygen atoms in total. The highest BCUT2D eigenvalue weighted by atomic mass is 16.7. The predicted molar refractivity (Wildman–Crippen MR) is 228 cm³/mol. The summed E-state index contributed by atoms with van der Waals surface area (Å²) in [5.74, 6) is 0. The molecule has 4 aliphatic heterocycles. The average Bonchev–Trinajstić information content (AvgIpc) is 4.24. The minimum Gasteiger partial charge on any atom is -0.394 e. The molecule has 14 N–H and O–H groups in total. The first-order valence-electron chi connectivity index (χ1n) is 23.4. The van der Waals surface area contributed by atoms with Gasteiger partial charge in [-0.15, -0.1) is 20.4 Å². The minimum atomic E-state index is -1.66. The molecule has 4 saturated heterocycles. The third kappa shape index (κ3) is 11.5. The van der Waals surface area contributed by atoms with Crippen LogP contribution in [0, 0.1) is 0 Å². The van der Waals surface area contributed by atoms with Crippen molar-refractivity contribution in [1.29, 1.82) is 0 Å². The van der Waals surface area contributed by atoms with Crippen LogP contribution >= 0.6 is 0 Å². The first kappa shape index (κ1) is 54.0. The van der Waals surface area contributed by atoms with Crippen LogP contribution in [0.5, 0.6) is 0 Å². The van der Waals surface area contributed by atoms with Gasteiger partial charge in [-0.1, -0.05) is 20.9 Å². The Labute approximate surface area is 407 Å². The van der Waals surface area contributed by atoms with Gasteiger partial charge in [-0.2, -0.15) is 0 Å². The number of rotatable bonds is 21. The van der Waals surface area contributed by atoms with Crippen molar-refractivity contribution in [3.63, 3.8) is 0 Å². The molecular formula is C40H62N12O20. The fraction of sp³-hybridized carbons (Fsp3) is 0.800. The summed E-state index contributed by atoms with van der Waals surface area (Å²) >= 11 is 0. The summed E-state index contributed by atoms with van der Waals surface area (Å²) in [7, 11) is 0. The maximum Gasteiger partial charge on any atom is 0.186 e. The lowest BCUT2D eigenvalue weighted by Crippen LogP contribution is -2.59. The Bertz CT molecular complexity index is 2280. The first-order chi connectivity index (χ1) is 34.6. The van der Waals surface area contributed by atoms with Crippen LogP contribution in [0.25, 0.3) is 0 Å². The highest BCUT2D eigenvalue weighted by Crippen LogP contribution is 2.40.